The lowest BCUT2D eigenvalue weighted by Crippen LogP contribution is -2.58. The Hall–Kier alpha value is -1.92. The van der Waals surface area contributed by atoms with Gasteiger partial charge in [-0.1, -0.05) is 44.2 Å². The maximum absolute atomic E-state index is 11.5. The molecule has 7 rings (SSSR count). The first-order chi connectivity index (χ1) is 18.6. The fourth-order valence-corrected chi connectivity index (χ4v) is 9.67. The van der Waals surface area contributed by atoms with Crippen LogP contribution in [0.1, 0.15) is 102 Å². The van der Waals surface area contributed by atoms with Crippen LogP contribution in [0.25, 0.3) is 11.0 Å². The molecule has 2 saturated carbocycles. The van der Waals surface area contributed by atoms with Gasteiger partial charge >= 0.3 is 5.97 Å². The van der Waals surface area contributed by atoms with Crippen LogP contribution in [0.3, 0.4) is 0 Å². The number of nitrogens with zero attached hydrogens (tertiary/aromatic N) is 4. The summed E-state index contributed by atoms with van der Waals surface area (Å²) in [6.07, 6.45) is 19.9. The summed E-state index contributed by atoms with van der Waals surface area (Å²) >= 11 is 0. The van der Waals surface area contributed by atoms with Gasteiger partial charge < -0.3 is 9.67 Å². The van der Waals surface area contributed by atoms with Gasteiger partial charge in [0, 0.05) is 36.6 Å². The number of aliphatic carboxylic acids is 1. The molecule has 1 N–H and O–H groups in total. The van der Waals surface area contributed by atoms with Crippen molar-refractivity contribution >= 4 is 17.0 Å². The second kappa shape index (κ2) is 10.6. The van der Waals surface area contributed by atoms with Crippen LogP contribution in [0, 0.1) is 11.8 Å². The van der Waals surface area contributed by atoms with Crippen molar-refractivity contribution in [1.82, 2.24) is 19.4 Å². The molecule has 5 fully saturated rings. The normalized spacial score (nSPS) is 36.4. The van der Waals surface area contributed by atoms with Crippen LogP contribution < -0.4 is 0 Å². The highest BCUT2D eigenvalue weighted by Crippen LogP contribution is 2.47. The Bertz CT molecular complexity index is 1120. The first-order valence-electron chi connectivity index (χ1n) is 15.8. The second-order valence-corrected chi connectivity index (χ2v) is 13.4. The molecule has 3 unspecified atom stereocenters. The largest absolute Gasteiger partial charge is 0.480 e. The highest BCUT2D eigenvalue weighted by molar-refractivity contribution is 5.76. The van der Waals surface area contributed by atoms with Crippen molar-refractivity contribution in [2.45, 2.75) is 127 Å². The molecule has 0 radical (unpaired) electrons. The summed E-state index contributed by atoms with van der Waals surface area (Å²) in [5.41, 5.74) is 2.39. The van der Waals surface area contributed by atoms with Gasteiger partial charge in [-0.2, -0.15) is 0 Å². The molecule has 6 heteroatoms. The Morgan fingerprint density at radius 2 is 1.55 bits per heavy atom. The van der Waals surface area contributed by atoms with Gasteiger partial charge in [0.15, 0.2) is 0 Å². The van der Waals surface area contributed by atoms with Gasteiger partial charge in [0.2, 0.25) is 0 Å². The number of carboxylic acid groups (broad SMARTS) is 1. The van der Waals surface area contributed by atoms with Crippen molar-refractivity contribution in [1.29, 1.82) is 0 Å². The zero-order valence-electron chi connectivity index (χ0n) is 23.0. The molecule has 1 aromatic carbocycles. The molecule has 2 aliphatic carbocycles. The monoisotopic (exact) mass is 518 g/mol. The predicted octanol–water partition coefficient (Wildman–Crippen LogP) is 6.04. The quantitative estimate of drug-likeness (QED) is 0.505. The van der Waals surface area contributed by atoms with E-state index in [9.17, 15) is 9.90 Å². The van der Waals surface area contributed by atoms with E-state index in [4.69, 9.17) is 4.98 Å². The van der Waals surface area contributed by atoms with E-state index in [1.165, 1.54) is 88.4 Å². The number of piperidine rings is 2. The van der Waals surface area contributed by atoms with Crippen molar-refractivity contribution in [2.75, 3.05) is 13.1 Å². The standard InChI is InChI=1S/C32H46N4O2/c37-32(38)21-34-14-6-11-24(34)20-31-33-29-12-3-4-13-30(29)36(31)28-18-25-9-5-10-26(19-28)35(25)27-16-22-7-1-2-8-23(15-22)17-27/h3-4,12-13,22-28H,1-2,5-11,14-21H2,(H,37,38)/t22-,23+,24?,25-,26+,27?,28?. The van der Waals surface area contributed by atoms with Crippen LogP contribution in [0.4, 0.5) is 0 Å². The summed E-state index contributed by atoms with van der Waals surface area (Å²) in [6.45, 7) is 1.04. The van der Waals surface area contributed by atoms with Crippen molar-refractivity contribution in [3.05, 3.63) is 30.1 Å². The molecule has 206 valence electrons. The molecule has 0 amide bonds. The van der Waals surface area contributed by atoms with Gasteiger partial charge in [0.05, 0.1) is 17.6 Å². The van der Waals surface area contributed by atoms with E-state index in [0.717, 1.165) is 49.2 Å². The fourth-order valence-electron chi connectivity index (χ4n) is 9.67. The number of fused-ring (bicyclic) bond motifs is 5. The lowest BCUT2D eigenvalue weighted by atomic mass is 9.73. The minimum atomic E-state index is -0.715. The molecular formula is C32H46N4O2. The number of hydrogen-bond donors (Lipinski definition) is 1. The first-order valence-corrected chi connectivity index (χ1v) is 15.8. The minimum Gasteiger partial charge on any atom is -0.480 e. The summed E-state index contributed by atoms with van der Waals surface area (Å²) in [5, 5.41) is 9.46. The van der Waals surface area contributed by atoms with Crippen molar-refractivity contribution in [2.24, 2.45) is 11.8 Å². The number of hydrogen-bond acceptors (Lipinski definition) is 4. The van der Waals surface area contributed by atoms with E-state index in [0.29, 0.717) is 18.1 Å². The van der Waals surface area contributed by atoms with Gasteiger partial charge in [0.1, 0.15) is 5.82 Å². The number of likely N-dealkylation sites (tertiary alicyclic amines) is 1. The zero-order chi connectivity index (χ0) is 25.6. The molecule has 3 aliphatic heterocycles. The SMILES string of the molecule is O=C(O)CN1CCCC1Cc1nc2ccccc2n1C1C[C@H]2CCC[C@@H](C1)N2C1C[C@H]2CCCC[C@@H](C1)C2. The summed E-state index contributed by atoms with van der Waals surface area (Å²) < 4.78 is 2.62. The van der Waals surface area contributed by atoms with Crippen LogP contribution >= 0.6 is 0 Å². The molecule has 6 nitrogen and oxygen atoms in total. The fraction of sp³-hybridized carbons (Fsp3) is 0.750. The van der Waals surface area contributed by atoms with Crippen LogP contribution in [0.2, 0.25) is 0 Å². The molecule has 1 aromatic heterocycles. The highest BCUT2D eigenvalue weighted by Gasteiger charge is 2.45. The third kappa shape index (κ3) is 4.81. The van der Waals surface area contributed by atoms with Crippen LogP contribution in [0.5, 0.6) is 0 Å². The summed E-state index contributed by atoms with van der Waals surface area (Å²) in [7, 11) is 0. The first kappa shape index (κ1) is 25.1. The Labute approximate surface area is 227 Å². The molecule has 2 aromatic rings. The van der Waals surface area contributed by atoms with E-state index in [-0.39, 0.29) is 12.6 Å². The Kier molecular flexibility index (Phi) is 6.98. The van der Waals surface area contributed by atoms with E-state index in [1.54, 1.807) is 0 Å². The van der Waals surface area contributed by atoms with Gasteiger partial charge in [-0.3, -0.25) is 14.6 Å². The average Bonchev–Trinajstić information content (AvgIpc) is 3.44. The molecule has 4 bridgehead atoms. The Morgan fingerprint density at radius 1 is 0.816 bits per heavy atom. The topological polar surface area (TPSA) is 61.6 Å². The number of carboxylic acids is 1. The molecular weight excluding hydrogens is 472 g/mol. The van der Waals surface area contributed by atoms with E-state index < -0.39 is 5.97 Å². The lowest BCUT2D eigenvalue weighted by molar-refractivity contribution is -0.138. The molecule has 7 atom stereocenters. The van der Waals surface area contributed by atoms with Crippen molar-refractivity contribution < 1.29 is 9.90 Å². The van der Waals surface area contributed by atoms with Crippen LogP contribution in [-0.4, -0.2) is 67.7 Å². The Balaban J connectivity index is 1.16. The van der Waals surface area contributed by atoms with E-state index >= 15 is 0 Å². The number of carbonyl (C=O) groups is 1. The highest BCUT2D eigenvalue weighted by atomic mass is 16.4. The zero-order valence-corrected chi connectivity index (χ0v) is 23.0. The average molecular weight is 519 g/mol. The number of rotatable bonds is 6. The molecule has 4 heterocycles. The summed E-state index contributed by atoms with van der Waals surface area (Å²) in [4.78, 5) is 21.9. The molecule has 0 spiro atoms. The number of para-hydroxylation sites is 2. The van der Waals surface area contributed by atoms with Crippen LogP contribution in [0.15, 0.2) is 24.3 Å². The molecule has 5 aliphatic rings. The van der Waals surface area contributed by atoms with Crippen molar-refractivity contribution in [3.63, 3.8) is 0 Å². The van der Waals surface area contributed by atoms with E-state index in [1.807, 2.05) is 0 Å². The lowest BCUT2D eigenvalue weighted by Gasteiger charge is -2.54. The predicted molar refractivity (Wildman–Crippen MR) is 150 cm³/mol. The summed E-state index contributed by atoms with van der Waals surface area (Å²) in [6, 6.07) is 11.7. The molecule has 38 heavy (non-hydrogen) atoms. The van der Waals surface area contributed by atoms with Gasteiger partial charge in [0.25, 0.3) is 0 Å². The van der Waals surface area contributed by atoms with Gasteiger partial charge in [-0.05, 0) is 88.3 Å². The molecule has 3 saturated heterocycles. The van der Waals surface area contributed by atoms with Gasteiger partial charge in [-0.25, -0.2) is 4.98 Å². The summed E-state index contributed by atoms with van der Waals surface area (Å²) in [5.74, 6) is 2.43. The third-order valence-electron chi connectivity index (χ3n) is 11.1. The maximum atomic E-state index is 11.5. The number of imidazole rings is 1. The minimum absolute atomic E-state index is 0.150. The smallest absolute Gasteiger partial charge is 0.317 e. The van der Waals surface area contributed by atoms with Crippen LogP contribution in [-0.2, 0) is 11.2 Å². The number of aromatic nitrogens is 2. The Morgan fingerprint density at radius 3 is 2.29 bits per heavy atom. The van der Waals surface area contributed by atoms with Gasteiger partial charge in [-0.15, -0.1) is 0 Å². The second-order valence-electron chi connectivity index (χ2n) is 13.4. The maximum Gasteiger partial charge on any atom is 0.317 e. The van der Waals surface area contributed by atoms with E-state index in [2.05, 4.69) is 38.6 Å². The van der Waals surface area contributed by atoms with Crippen molar-refractivity contribution in [3.8, 4) is 0 Å². The number of benzene rings is 1. The third-order valence-corrected chi connectivity index (χ3v) is 11.1.